The van der Waals surface area contributed by atoms with Crippen molar-refractivity contribution in [2.75, 3.05) is 0 Å². The van der Waals surface area contributed by atoms with Gasteiger partial charge in [0.1, 0.15) is 5.82 Å². The van der Waals surface area contributed by atoms with E-state index in [1.54, 1.807) is 0 Å². The van der Waals surface area contributed by atoms with Gasteiger partial charge in [0, 0.05) is 12.6 Å². The zero-order valence-corrected chi connectivity index (χ0v) is 7.00. The molecule has 0 saturated carbocycles. The first-order valence-electron chi connectivity index (χ1n) is 3.79. The van der Waals surface area contributed by atoms with Gasteiger partial charge in [0.15, 0.2) is 0 Å². The second-order valence-electron chi connectivity index (χ2n) is 2.50. The Hall–Kier alpha value is -1.44. The largest absolute Gasteiger partial charge is 0.271 e. The molecule has 1 aromatic heterocycles. The zero-order valence-electron chi connectivity index (χ0n) is 7.00. The minimum Gasteiger partial charge on any atom is -0.271 e. The molecule has 0 aliphatic carbocycles. The molecule has 0 bridgehead atoms. The number of pyridine rings is 1. The molecule has 68 valence electrons. The average molecular weight is 179 g/mol. The molecular formula is C9H10FN3. The summed E-state index contributed by atoms with van der Waals surface area (Å²) in [5.41, 5.74) is 2.67. The minimum absolute atomic E-state index is 0.253. The predicted octanol–water partition coefficient (Wildman–Crippen LogP) is 0.748. The fraction of sp³-hybridized carbons (Fsp3) is 0.222. The van der Waals surface area contributed by atoms with E-state index < -0.39 is 11.9 Å². The maximum absolute atomic E-state index is 13.1. The van der Waals surface area contributed by atoms with Crippen molar-refractivity contribution in [3.8, 4) is 12.3 Å². The molecule has 1 unspecified atom stereocenters. The Morgan fingerprint density at radius 1 is 1.77 bits per heavy atom. The van der Waals surface area contributed by atoms with Crippen LogP contribution in [-0.4, -0.2) is 4.98 Å². The van der Waals surface area contributed by atoms with Gasteiger partial charge >= 0.3 is 0 Å². The monoisotopic (exact) mass is 179 g/mol. The Kier molecular flexibility index (Phi) is 3.38. The number of nitrogens with zero attached hydrogens (tertiary/aromatic N) is 1. The first-order chi connectivity index (χ1) is 6.29. The second kappa shape index (κ2) is 4.55. The summed E-state index contributed by atoms with van der Waals surface area (Å²) < 4.78 is 13.1. The Balaban J connectivity index is 2.92. The van der Waals surface area contributed by atoms with Crippen LogP contribution in [0.25, 0.3) is 0 Å². The van der Waals surface area contributed by atoms with E-state index in [-0.39, 0.29) is 5.69 Å². The van der Waals surface area contributed by atoms with Crippen molar-refractivity contribution in [2.45, 2.75) is 12.5 Å². The number of nitrogens with one attached hydrogen (secondary N) is 1. The smallest absolute Gasteiger partial charge is 0.146 e. The summed E-state index contributed by atoms with van der Waals surface area (Å²) in [6, 6.07) is 2.41. The van der Waals surface area contributed by atoms with Crippen molar-refractivity contribution in [3.05, 3.63) is 29.8 Å². The molecule has 1 atom stereocenters. The van der Waals surface area contributed by atoms with Crippen molar-refractivity contribution >= 4 is 0 Å². The van der Waals surface area contributed by atoms with Gasteiger partial charge in [0.25, 0.3) is 0 Å². The fourth-order valence-electron chi connectivity index (χ4n) is 1.01. The zero-order chi connectivity index (χ0) is 9.68. The summed E-state index contributed by atoms with van der Waals surface area (Å²) in [7, 11) is 0. The van der Waals surface area contributed by atoms with Crippen LogP contribution >= 0.6 is 0 Å². The van der Waals surface area contributed by atoms with Crippen molar-refractivity contribution < 1.29 is 4.39 Å². The molecule has 13 heavy (non-hydrogen) atoms. The van der Waals surface area contributed by atoms with Crippen LogP contribution in [-0.2, 0) is 0 Å². The lowest BCUT2D eigenvalue weighted by atomic mass is 10.1. The highest BCUT2D eigenvalue weighted by Crippen LogP contribution is 2.15. The molecule has 3 nitrogen and oxygen atoms in total. The molecule has 0 aliphatic heterocycles. The highest BCUT2D eigenvalue weighted by molar-refractivity contribution is 5.13. The molecule has 0 fully saturated rings. The van der Waals surface area contributed by atoms with Crippen LogP contribution in [0.3, 0.4) is 0 Å². The second-order valence-corrected chi connectivity index (χ2v) is 2.50. The average Bonchev–Trinajstić information content (AvgIpc) is 2.16. The van der Waals surface area contributed by atoms with E-state index in [9.17, 15) is 4.39 Å². The number of rotatable bonds is 3. The van der Waals surface area contributed by atoms with Gasteiger partial charge in [-0.1, -0.05) is 0 Å². The Morgan fingerprint density at radius 2 is 2.54 bits per heavy atom. The number of hydrogen-bond donors (Lipinski definition) is 2. The van der Waals surface area contributed by atoms with E-state index in [0.717, 1.165) is 0 Å². The third-order valence-electron chi connectivity index (χ3n) is 1.64. The Bertz CT molecular complexity index is 319. The lowest BCUT2D eigenvalue weighted by Crippen LogP contribution is -2.29. The topological polar surface area (TPSA) is 50.9 Å². The van der Waals surface area contributed by atoms with Crippen LogP contribution in [0.5, 0.6) is 0 Å². The van der Waals surface area contributed by atoms with Gasteiger partial charge in [-0.05, 0) is 12.1 Å². The molecule has 0 radical (unpaired) electrons. The summed E-state index contributed by atoms with van der Waals surface area (Å²) >= 11 is 0. The summed E-state index contributed by atoms with van der Waals surface area (Å²) in [4.78, 5) is 3.86. The van der Waals surface area contributed by atoms with Crippen LogP contribution in [0, 0.1) is 18.2 Å². The quantitative estimate of drug-likeness (QED) is 0.409. The number of halogens is 1. The maximum atomic E-state index is 13.1. The van der Waals surface area contributed by atoms with E-state index in [0.29, 0.717) is 6.42 Å². The lowest BCUT2D eigenvalue weighted by molar-refractivity contribution is 0.505. The number of terminal acetylenes is 1. The number of hydrogen-bond acceptors (Lipinski definition) is 3. The van der Waals surface area contributed by atoms with Crippen molar-refractivity contribution in [1.82, 2.24) is 10.4 Å². The molecule has 0 amide bonds. The van der Waals surface area contributed by atoms with Crippen molar-refractivity contribution in [1.29, 1.82) is 0 Å². The summed E-state index contributed by atoms with van der Waals surface area (Å²) in [6.45, 7) is 0. The molecule has 1 heterocycles. The van der Waals surface area contributed by atoms with Gasteiger partial charge < -0.3 is 0 Å². The Labute approximate surface area is 76.1 Å². The normalized spacial score (nSPS) is 12.1. The molecule has 4 heteroatoms. The van der Waals surface area contributed by atoms with E-state index in [2.05, 4.69) is 16.3 Å². The first-order valence-corrected chi connectivity index (χ1v) is 3.79. The first kappa shape index (κ1) is 9.65. The minimum atomic E-state index is -0.425. The van der Waals surface area contributed by atoms with Gasteiger partial charge in [-0.2, -0.15) is 0 Å². The Morgan fingerprint density at radius 3 is 3.08 bits per heavy atom. The molecule has 1 aromatic rings. The van der Waals surface area contributed by atoms with Gasteiger partial charge in [0.05, 0.1) is 11.7 Å². The molecular weight excluding hydrogens is 169 g/mol. The molecule has 0 spiro atoms. The van der Waals surface area contributed by atoms with Gasteiger partial charge in [0.2, 0.25) is 0 Å². The third-order valence-corrected chi connectivity index (χ3v) is 1.64. The highest BCUT2D eigenvalue weighted by Gasteiger charge is 2.13. The number of nitrogens with two attached hydrogens (primary N) is 1. The highest BCUT2D eigenvalue weighted by atomic mass is 19.1. The van der Waals surface area contributed by atoms with Crippen molar-refractivity contribution in [2.24, 2.45) is 5.84 Å². The van der Waals surface area contributed by atoms with Gasteiger partial charge in [-0.25, -0.2) is 4.39 Å². The lowest BCUT2D eigenvalue weighted by Gasteiger charge is -2.12. The maximum Gasteiger partial charge on any atom is 0.146 e. The van der Waals surface area contributed by atoms with Crippen molar-refractivity contribution in [3.63, 3.8) is 0 Å². The van der Waals surface area contributed by atoms with Crippen LogP contribution in [0.15, 0.2) is 18.3 Å². The van der Waals surface area contributed by atoms with E-state index in [4.69, 9.17) is 12.3 Å². The third kappa shape index (κ3) is 2.25. The summed E-state index contributed by atoms with van der Waals surface area (Å²) in [5, 5.41) is 0. The van der Waals surface area contributed by atoms with E-state index >= 15 is 0 Å². The SMILES string of the molecule is C#CCC(NN)c1ncccc1F. The van der Waals surface area contributed by atoms with E-state index in [1.165, 1.54) is 18.3 Å². The van der Waals surface area contributed by atoms with Crippen LogP contribution in [0.1, 0.15) is 18.2 Å². The van der Waals surface area contributed by atoms with Crippen LogP contribution in [0.4, 0.5) is 4.39 Å². The molecule has 0 aromatic carbocycles. The molecule has 1 rings (SSSR count). The standard InChI is InChI=1S/C9H10FN3/c1-2-4-8(13-11)9-7(10)5-3-6-12-9/h1,3,5-6,8,13H,4,11H2. The molecule has 0 saturated heterocycles. The van der Waals surface area contributed by atoms with Crippen LogP contribution < -0.4 is 11.3 Å². The van der Waals surface area contributed by atoms with Gasteiger partial charge in [-0.3, -0.25) is 16.3 Å². The molecule has 3 N–H and O–H groups in total. The van der Waals surface area contributed by atoms with Crippen LogP contribution in [0.2, 0.25) is 0 Å². The summed E-state index contributed by atoms with van der Waals surface area (Å²) in [6.07, 6.45) is 6.91. The van der Waals surface area contributed by atoms with Gasteiger partial charge in [-0.15, -0.1) is 12.3 Å². The predicted molar refractivity (Wildman–Crippen MR) is 47.7 cm³/mol. The number of hydrazine groups is 1. The molecule has 0 aliphatic rings. The van der Waals surface area contributed by atoms with E-state index in [1.807, 2.05) is 0 Å². The fourth-order valence-corrected chi connectivity index (χ4v) is 1.01. The summed E-state index contributed by atoms with van der Waals surface area (Å²) in [5.74, 6) is 7.20. The number of aromatic nitrogens is 1.